The zero-order valence-electron chi connectivity index (χ0n) is 12.4. The number of ether oxygens (including phenoxy) is 1. The minimum Gasteiger partial charge on any atom is -0.385 e. The lowest BCUT2D eigenvalue weighted by Crippen LogP contribution is -2.40. The van der Waals surface area contributed by atoms with Crippen molar-refractivity contribution in [1.29, 1.82) is 0 Å². The summed E-state index contributed by atoms with van der Waals surface area (Å²) in [5.41, 5.74) is 1.18. The van der Waals surface area contributed by atoms with Gasteiger partial charge in [-0.1, -0.05) is 23.7 Å². The molecule has 1 saturated heterocycles. The van der Waals surface area contributed by atoms with Gasteiger partial charge in [-0.25, -0.2) is 0 Å². The first-order valence-electron chi connectivity index (χ1n) is 7.34. The van der Waals surface area contributed by atoms with Gasteiger partial charge in [-0.05, 0) is 30.5 Å². The molecule has 0 unspecified atom stereocenters. The quantitative estimate of drug-likeness (QED) is 0.745. The minimum absolute atomic E-state index is 0.177. The van der Waals surface area contributed by atoms with Crippen LogP contribution in [0, 0.1) is 0 Å². The van der Waals surface area contributed by atoms with E-state index in [1.165, 1.54) is 5.56 Å². The minimum atomic E-state index is 0.177. The molecule has 21 heavy (non-hydrogen) atoms. The van der Waals surface area contributed by atoms with Crippen molar-refractivity contribution in [2.45, 2.75) is 25.3 Å². The largest absolute Gasteiger partial charge is 0.385 e. The molecule has 0 bridgehead atoms. The Morgan fingerprint density at radius 1 is 1.38 bits per heavy atom. The van der Waals surface area contributed by atoms with Gasteiger partial charge in [-0.15, -0.1) is 0 Å². The zero-order chi connectivity index (χ0) is 15.1. The second kappa shape index (κ2) is 8.66. The summed E-state index contributed by atoms with van der Waals surface area (Å²) >= 11 is 7.86. The number of hydrogen-bond donors (Lipinski definition) is 0. The van der Waals surface area contributed by atoms with Crippen LogP contribution >= 0.6 is 23.4 Å². The first-order valence-corrected chi connectivity index (χ1v) is 8.87. The summed E-state index contributed by atoms with van der Waals surface area (Å²) < 4.78 is 5.03. The monoisotopic (exact) mass is 327 g/mol. The Labute approximate surface area is 136 Å². The maximum Gasteiger partial charge on any atom is 0.223 e. The summed E-state index contributed by atoms with van der Waals surface area (Å²) in [6.45, 7) is 1.56. The van der Waals surface area contributed by atoms with Gasteiger partial charge >= 0.3 is 0 Å². The van der Waals surface area contributed by atoms with E-state index in [-0.39, 0.29) is 11.9 Å². The smallest absolute Gasteiger partial charge is 0.223 e. The van der Waals surface area contributed by atoms with Gasteiger partial charge in [0.25, 0.3) is 0 Å². The molecule has 2 rings (SSSR count). The number of benzene rings is 1. The Kier molecular flexibility index (Phi) is 6.87. The van der Waals surface area contributed by atoms with Crippen molar-refractivity contribution in [2.75, 3.05) is 31.8 Å². The van der Waals surface area contributed by atoms with Crippen LogP contribution < -0.4 is 0 Å². The van der Waals surface area contributed by atoms with Crippen LogP contribution in [0.4, 0.5) is 0 Å². The van der Waals surface area contributed by atoms with Crippen LogP contribution in [0.5, 0.6) is 0 Å². The number of methoxy groups -OCH3 is 1. The number of nitrogens with zero attached hydrogens (tertiary/aromatic N) is 1. The summed E-state index contributed by atoms with van der Waals surface area (Å²) in [7, 11) is 1.69. The second-order valence-electron chi connectivity index (χ2n) is 5.18. The van der Waals surface area contributed by atoms with Gasteiger partial charge in [0.15, 0.2) is 0 Å². The van der Waals surface area contributed by atoms with Gasteiger partial charge in [-0.2, -0.15) is 11.8 Å². The summed E-state index contributed by atoms with van der Waals surface area (Å²) in [4.78, 5) is 14.5. The molecular weight excluding hydrogens is 306 g/mol. The lowest BCUT2D eigenvalue weighted by molar-refractivity contribution is -0.133. The Balaban J connectivity index is 1.98. The lowest BCUT2D eigenvalue weighted by Gasteiger charge is -2.36. The number of thioether (sulfide) groups is 1. The molecule has 1 fully saturated rings. The highest BCUT2D eigenvalue weighted by atomic mass is 35.5. The number of unbranched alkanes of at least 4 members (excludes halogenated alkanes) is 1. The molecule has 0 spiro atoms. The van der Waals surface area contributed by atoms with E-state index >= 15 is 0 Å². The Hall–Kier alpha value is -0.710. The number of carbonyl (C=O) groups is 1. The van der Waals surface area contributed by atoms with Gasteiger partial charge in [0.2, 0.25) is 5.91 Å². The molecule has 0 N–H and O–H groups in total. The number of hydrogen-bond acceptors (Lipinski definition) is 3. The second-order valence-corrected chi connectivity index (χ2v) is 6.77. The fourth-order valence-electron chi connectivity index (χ4n) is 2.53. The SMILES string of the molecule is COCCCCC(=O)N1CCSC[C@H]1c1ccc(Cl)cc1. The van der Waals surface area contributed by atoms with Gasteiger partial charge < -0.3 is 9.64 Å². The van der Waals surface area contributed by atoms with E-state index in [9.17, 15) is 4.79 Å². The average molecular weight is 328 g/mol. The van der Waals surface area contributed by atoms with Gasteiger partial charge in [-0.3, -0.25) is 4.79 Å². The Morgan fingerprint density at radius 3 is 2.86 bits per heavy atom. The number of carbonyl (C=O) groups excluding carboxylic acids is 1. The van der Waals surface area contributed by atoms with E-state index in [1.807, 2.05) is 40.9 Å². The predicted molar refractivity (Wildman–Crippen MR) is 89.0 cm³/mol. The molecule has 1 aromatic rings. The molecule has 1 amide bonds. The third kappa shape index (κ3) is 4.90. The van der Waals surface area contributed by atoms with Crippen LogP contribution in [-0.4, -0.2) is 42.6 Å². The van der Waals surface area contributed by atoms with Gasteiger partial charge in [0, 0.05) is 43.2 Å². The summed E-state index contributed by atoms with van der Waals surface area (Å²) in [5.74, 6) is 2.24. The molecule has 1 heterocycles. The molecule has 1 aliphatic heterocycles. The number of rotatable bonds is 6. The fourth-order valence-corrected chi connectivity index (χ4v) is 3.74. The highest BCUT2D eigenvalue weighted by molar-refractivity contribution is 7.99. The summed E-state index contributed by atoms with van der Waals surface area (Å²) in [6.07, 6.45) is 2.44. The first-order chi connectivity index (χ1) is 10.2. The standard InChI is InChI=1S/C16H22ClNO2S/c1-20-10-3-2-4-16(19)18-9-11-21-12-15(18)13-5-7-14(17)8-6-13/h5-8,15H,2-4,9-12H2,1H3/t15-/m0/s1. The topological polar surface area (TPSA) is 29.5 Å². The number of halogens is 1. The van der Waals surface area contributed by atoms with E-state index in [0.29, 0.717) is 6.42 Å². The molecule has 116 valence electrons. The third-order valence-corrected chi connectivity index (χ3v) is 4.97. The highest BCUT2D eigenvalue weighted by Gasteiger charge is 2.27. The van der Waals surface area contributed by atoms with Gasteiger partial charge in [0.05, 0.1) is 6.04 Å². The molecular formula is C16H22ClNO2S. The molecule has 5 heteroatoms. The van der Waals surface area contributed by atoms with Crippen molar-refractivity contribution < 1.29 is 9.53 Å². The van der Waals surface area contributed by atoms with Gasteiger partial charge in [0.1, 0.15) is 0 Å². The van der Waals surface area contributed by atoms with E-state index in [0.717, 1.165) is 42.5 Å². The normalized spacial score (nSPS) is 18.8. The molecule has 0 radical (unpaired) electrons. The van der Waals surface area contributed by atoms with Crippen molar-refractivity contribution >= 4 is 29.3 Å². The summed E-state index contributed by atoms with van der Waals surface area (Å²) in [5, 5.41) is 0.736. The molecule has 0 aromatic heterocycles. The fraction of sp³-hybridized carbons (Fsp3) is 0.562. The molecule has 1 aromatic carbocycles. The van der Waals surface area contributed by atoms with Crippen LogP contribution in [-0.2, 0) is 9.53 Å². The van der Waals surface area contributed by atoms with Crippen molar-refractivity contribution in [3.8, 4) is 0 Å². The zero-order valence-corrected chi connectivity index (χ0v) is 14.0. The maximum atomic E-state index is 12.5. The highest BCUT2D eigenvalue weighted by Crippen LogP contribution is 2.30. The van der Waals surface area contributed by atoms with Crippen LogP contribution in [0.25, 0.3) is 0 Å². The Morgan fingerprint density at radius 2 is 2.14 bits per heavy atom. The molecule has 1 aliphatic rings. The predicted octanol–water partition coefficient (Wildman–Crippen LogP) is 3.77. The van der Waals surface area contributed by atoms with Crippen LogP contribution in [0.15, 0.2) is 24.3 Å². The van der Waals surface area contributed by atoms with E-state index in [4.69, 9.17) is 16.3 Å². The molecule has 0 saturated carbocycles. The Bertz CT molecular complexity index is 452. The van der Waals surface area contributed by atoms with E-state index in [2.05, 4.69) is 0 Å². The third-order valence-electron chi connectivity index (χ3n) is 3.69. The maximum absolute atomic E-state index is 12.5. The van der Waals surface area contributed by atoms with E-state index in [1.54, 1.807) is 7.11 Å². The van der Waals surface area contributed by atoms with Crippen molar-refractivity contribution in [3.05, 3.63) is 34.9 Å². The van der Waals surface area contributed by atoms with E-state index < -0.39 is 0 Å². The average Bonchev–Trinajstić information content (AvgIpc) is 2.52. The first kappa shape index (κ1) is 16.7. The molecule has 0 aliphatic carbocycles. The molecule has 1 atom stereocenters. The van der Waals surface area contributed by atoms with Crippen molar-refractivity contribution in [3.63, 3.8) is 0 Å². The van der Waals surface area contributed by atoms with Crippen LogP contribution in [0.3, 0.4) is 0 Å². The van der Waals surface area contributed by atoms with Crippen molar-refractivity contribution in [2.24, 2.45) is 0 Å². The van der Waals surface area contributed by atoms with Crippen LogP contribution in [0.2, 0.25) is 5.02 Å². The number of amides is 1. The lowest BCUT2D eigenvalue weighted by atomic mass is 10.1. The summed E-state index contributed by atoms with van der Waals surface area (Å²) in [6, 6.07) is 8.04. The van der Waals surface area contributed by atoms with Crippen molar-refractivity contribution in [1.82, 2.24) is 4.90 Å². The van der Waals surface area contributed by atoms with Crippen LogP contribution in [0.1, 0.15) is 30.9 Å². The molecule has 3 nitrogen and oxygen atoms in total.